The molecule has 0 atom stereocenters. The van der Waals surface area contributed by atoms with Crippen LogP contribution in [-0.4, -0.2) is 11.5 Å². The summed E-state index contributed by atoms with van der Waals surface area (Å²) in [5.74, 6) is 0.608. The zero-order valence-electron chi connectivity index (χ0n) is 8.65. The molecule has 1 aromatic heterocycles. The third-order valence-electron chi connectivity index (χ3n) is 2.11. The number of ketones is 1. The normalized spacial score (nSPS) is 10.5. The molecule has 0 spiro atoms. The second-order valence-electron chi connectivity index (χ2n) is 3.28. The molecule has 0 fully saturated rings. The lowest BCUT2D eigenvalue weighted by molar-refractivity contribution is 0.102. The number of carbonyl (C=O) groups excluding carboxylic acids is 1. The summed E-state index contributed by atoms with van der Waals surface area (Å²) in [4.78, 5) is 13.0. The smallest absolute Gasteiger partial charge is 0.175 e. The molecule has 1 nitrogen and oxygen atoms in total. The fourth-order valence-corrected chi connectivity index (χ4v) is 4.23. The number of thioether (sulfide) groups is 1. The first-order valence-corrected chi connectivity index (χ1v) is 8.32. The molecule has 0 bridgehead atoms. The lowest BCUT2D eigenvalue weighted by atomic mass is 10.2. The summed E-state index contributed by atoms with van der Waals surface area (Å²) in [6, 6.07) is 7.92. The Labute approximate surface area is 125 Å². The maximum atomic E-state index is 12.0. The minimum absolute atomic E-state index is 0.152. The van der Waals surface area contributed by atoms with Gasteiger partial charge in [-0.25, -0.2) is 0 Å². The van der Waals surface area contributed by atoms with Crippen LogP contribution >= 0.6 is 55.0 Å². The van der Waals surface area contributed by atoms with E-state index in [0.29, 0.717) is 5.75 Å². The predicted molar refractivity (Wildman–Crippen MR) is 81.2 cm³/mol. The van der Waals surface area contributed by atoms with Gasteiger partial charge in [0.2, 0.25) is 0 Å². The highest BCUT2D eigenvalue weighted by Crippen LogP contribution is 2.29. The molecule has 0 radical (unpaired) electrons. The minimum atomic E-state index is 0.152. The fourth-order valence-electron chi connectivity index (χ4n) is 1.26. The maximum Gasteiger partial charge on any atom is 0.175 e. The standard InChI is InChI=1S/C12H8Br2OS2/c13-9-3-1-2-4-12(9)17-7-11(15)8-5-16-6-10(8)14/h1-6H,7H2. The molecule has 2 rings (SSSR count). The van der Waals surface area contributed by atoms with Gasteiger partial charge in [-0.15, -0.1) is 11.8 Å². The van der Waals surface area contributed by atoms with E-state index in [1.54, 1.807) is 11.8 Å². The van der Waals surface area contributed by atoms with Crippen molar-refractivity contribution < 1.29 is 4.79 Å². The Morgan fingerprint density at radius 2 is 1.94 bits per heavy atom. The van der Waals surface area contributed by atoms with Crippen molar-refractivity contribution >= 4 is 60.7 Å². The number of halogens is 2. The summed E-state index contributed by atoms with van der Waals surface area (Å²) in [6.07, 6.45) is 0. The maximum absolute atomic E-state index is 12.0. The minimum Gasteiger partial charge on any atom is -0.293 e. The van der Waals surface area contributed by atoms with Crippen LogP contribution in [0.2, 0.25) is 0 Å². The lowest BCUT2D eigenvalue weighted by Gasteiger charge is -2.03. The summed E-state index contributed by atoms with van der Waals surface area (Å²) in [5.41, 5.74) is 0.773. The summed E-state index contributed by atoms with van der Waals surface area (Å²) in [7, 11) is 0. The van der Waals surface area contributed by atoms with E-state index in [4.69, 9.17) is 0 Å². The molecule has 88 valence electrons. The van der Waals surface area contributed by atoms with Crippen LogP contribution in [0.1, 0.15) is 10.4 Å². The van der Waals surface area contributed by atoms with Gasteiger partial charge in [0.1, 0.15) is 0 Å². The van der Waals surface area contributed by atoms with Crippen LogP contribution in [0.3, 0.4) is 0 Å². The molecule has 1 aromatic carbocycles. The number of benzene rings is 1. The quantitative estimate of drug-likeness (QED) is 0.523. The van der Waals surface area contributed by atoms with E-state index in [1.807, 2.05) is 35.0 Å². The SMILES string of the molecule is O=C(CSc1ccccc1Br)c1cscc1Br. The first-order chi connectivity index (χ1) is 8.18. The van der Waals surface area contributed by atoms with Crippen LogP contribution < -0.4 is 0 Å². The van der Waals surface area contributed by atoms with Gasteiger partial charge < -0.3 is 0 Å². The van der Waals surface area contributed by atoms with Gasteiger partial charge in [0.05, 0.1) is 5.75 Å². The Bertz CT molecular complexity index is 537. The molecular weight excluding hydrogens is 384 g/mol. The van der Waals surface area contributed by atoms with Crippen molar-refractivity contribution in [3.63, 3.8) is 0 Å². The van der Waals surface area contributed by atoms with Crippen molar-refractivity contribution in [3.8, 4) is 0 Å². The van der Waals surface area contributed by atoms with E-state index in [2.05, 4.69) is 31.9 Å². The molecule has 0 aliphatic heterocycles. The first-order valence-electron chi connectivity index (χ1n) is 4.80. The molecule has 0 aliphatic carbocycles. The number of hydrogen-bond donors (Lipinski definition) is 0. The van der Waals surface area contributed by atoms with Crippen molar-refractivity contribution in [2.24, 2.45) is 0 Å². The van der Waals surface area contributed by atoms with Gasteiger partial charge in [0.15, 0.2) is 5.78 Å². The number of rotatable bonds is 4. The summed E-state index contributed by atoms with van der Waals surface area (Å²) >= 11 is 9.93. The fraction of sp³-hybridized carbons (Fsp3) is 0.0833. The van der Waals surface area contributed by atoms with Crippen molar-refractivity contribution in [2.45, 2.75) is 4.90 Å². The highest BCUT2D eigenvalue weighted by atomic mass is 79.9. The largest absolute Gasteiger partial charge is 0.293 e. The number of hydrogen-bond acceptors (Lipinski definition) is 3. The van der Waals surface area contributed by atoms with Crippen LogP contribution in [0.4, 0.5) is 0 Å². The van der Waals surface area contributed by atoms with Gasteiger partial charge >= 0.3 is 0 Å². The third kappa shape index (κ3) is 3.44. The van der Waals surface area contributed by atoms with Crippen molar-refractivity contribution in [3.05, 3.63) is 49.5 Å². The highest BCUT2D eigenvalue weighted by molar-refractivity contribution is 9.10. The molecule has 0 amide bonds. The van der Waals surface area contributed by atoms with E-state index in [1.165, 1.54) is 11.3 Å². The summed E-state index contributed by atoms with van der Waals surface area (Å²) < 4.78 is 1.92. The second-order valence-corrected chi connectivity index (χ2v) is 6.75. The van der Waals surface area contributed by atoms with Gasteiger partial charge in [0, 0.05) is 30.2 Å². The van der Waals surface area contributed by atoms with Gasteiger partial charge in [-0.2, -0.15) is 11.3 Å². The van der Waals surface area contributed by atoms with Crippen LogP contribution in [0.15, 0.2) is 48.9 Å². The van der Waals surface area contributed by atoms with E-state index in [9.17, 15) is 4.79 Å². The lowest BCUT2D eigenvalue weighted by Crippen LogP contribution is -2.01. The van der Waals surface area contributed by atoms with Crippen molar-refractivity contribution in [1.82, 2.24) is 0 Å². The van der Waals surface area contributed by atoms with Crippen molar-refractivity contribution in [1.29, 1.82) is 0 Å². The Kier molecular flexibility index (Phi) is 4.85. The predicted octanol–water partition coefficient (Wildman–Crippen LogP) is 5.25. The van der Waals surface area contributed by atoms with E-state index in [-0.39, 0.29) is 5.78 Å². The van der Waals surface area contributed by atoms with Crippen molar-refractivity contribution in [2.75, 3.05) is 5.75 Å². The van der Waals surface area contributed by atoms with Gasteiger partial charge in [-0.3, -0.25) is 4.79 Å². The zero-order chi connectivity index (χ0) is 12.3. The zero-order valence-corrected chi connectivity index (χ0v) is 13.5. The highest BCUT2D eigenvalue weighted by Gasteiger charge is 2.11. The number of thiophene rings is 1. The average Bonchev–Trinajstić information content (AvgIpc) is 2.74. The molecule has 0 saturated carbocycles. The monoisotopic (exact) mass is 390 g/mol. The summed E-state index contributed by atoms with van der Waals surface area (Å²) in [5, 5.41) is 3.81. The Hall–Kier alpha value is -0.100. The van der Waals surface area contributed by atoms with Gasteiger partial charge in [-0.05, 0) is 44.0 Å². The van der Waals surface area contributed by atoms with Crippen LogP contribution in [0.25, 0.3) is 0 Å². The van der Waals surface area contributed by atoms with Crippen LogP contribution in [0.5, 0.6) is 0 Å². The molecule has 0 N–H and O–H groups in total. The second kappa shape index (κ2) is 6.18. The molecule has 17 heavy (non-hydrogen) atoms. The number of carbonyl (C=O) groups is 1. The van der Waals surface area contributed by atoms with Gasteiger partial charge in [-0.1, -0.05) is 12.1 Å². The van der Waals surface area contributed by atoms with Crippen LogP contribution in [0, 0.1) is 0 Å². The Balaban J connectivity index is 2.02. The third-order valence-corrected chi connectivity index (χ3v) is 5.84. The Morgan fingerprint density at radius 3 is 2.59 bits per heavy atom. The first kappa shape index (κ1) is 13.3. The Morgan fingerprint density at radius 1 is 1.18 bits per heavy atom. The topological polar surface area (TPSA) is 17.1 Å². The van der Waals surface area contributed by atoms with Gasteiger partial charge in [0.25, 0.3) is 0 Å². The summed E-state index contributed by atoms with van der Waals surface area (Å²) in [6.45, 7) is 0. The van der Waals surface area contributed by atoms with E-state index < -0.39 is 0 Å². The number of Topliss-reactive ketones (excluding diaryl/α,β-unsaturated/α-hetero) is 1. The molecule has 5 heteroatoms. The molecule has 0 aliphatic rings. The average molecular weight is 392 g/mol. The molecule has 0 unspecified atom stereocenters. The van der Waals surface area contributed by atoms with Crippen LogP contribution in [-0.2, 0) is 0 Å². The molecule has 2 aromatic rings. The van der Waals surface area contributed by atoms with E-state index in [0.717, 1.165) is 19.4 Å². The molecule has 0 saturated heterocycles. The van der Waals surface area contributed by atoms with E-state index >= 15 is 0 Å². The molecule has 1 heterocycles. The molecular formula is C12H8Br2OS2.